The number of aryl methyl sites for hydroxylation is 1. The first-order valence-corrected chi connectivity index (χ1v) is 10.4. The molecule has 5 heteroatoms. The number of allylic oxidation sites excluding steroid dienone is 4. The Hall–Kier alpha value is -3.15. The van der Waals surface area contributed by atoms with Crippen molar-refractivity contribution in [1.29, 1.82) is 0 Å². The van der Waals surface area contributed by atoms with E-state index in [4.69, 9.17) is 4.74 Å². The van der Waals surface area contributed by atoms with E-state index < -0.39 is 12.2 Å². The molecule has 2 aromatic rings. The van der Waals surface area contributed by atoms with Crippen LogP contribution in [0.15, 0.2) is 91.1 Å². The molecule has 0 radical (unpaired) electrons. The lowest BCUT2D eigenvalue weighted by molar-refractivity contribution is -0.116. The Labute approximate surface area is 184 Å². The third-order valence-corrected chi connectivity index (χ3v) is 4.61. The zero-order chi connectivity index (χ0) is 22.3. The van der Waals surface area contributed by atoms with Gasteiger partial charge in [0.05, 0.1) is 19.3 Å². The number of amides is 1. The summed E-state index contributed by atoms with van der Waals surface area (Å²) < 4.78 is 5.13. The molecule has 2 unspecified atom stereocenters. The second-order valence-corrected chi connectivity index (χ2v) is 7.13. The second-order valence-electron chi connectivity index (χ2n) is 7.13. The topological polar surface area (TPSA) is 78.8 Å². The molecule has 2 rings (SSSR count). The average Bonchev–Trinajstić information content (AvgIpc) is 2.79. The lowest BCUT2D eigenvalue weighted by Crippen LogP contribution is -2.14. The van der Waals surface area contributed by atoms with Crippen molar-refractivity contribution in [3.63, 3.8) is 0 Å². The molecule has 3 N–H and O–H groups in total. The SMILES string of the molecule is COc1ccc(CCC(O)/C=C/C=C/C=C/C(O)CCC(=O)Nc2ccccc2)cc1. The number of rotatable bonds is 12. The molecular weight excluding hydrogens is 390 g/mol. The highest BCUT2D eigenvalue weighted by atomic mass is 16.5. The summed E-state index contributed by atoms with van der Waals surface area (Å²) in [5, 5.41) is 22.8. The van der Waals surface area contributed by atoms with Gasteiger partial charge in [0.25, 0.3) is 0 Å². The molecule has 0 aromatic heterocycles. The van der Waals surface area contributed by atoms with E-state index in [9.17, 15) is 15.0 Å². The maximum atomic E-state index is 11.9. The summed E-state index contributed by atoms with van der Waals surface area (Å²) in [6.45, 7) is 0. The maximum absolute atomic E-state index is 11.9. The van der Waals surface area contributed by atoms with Gasteiger partial charge in [0.2, 0.25) is 5.91 Å². The van der Waals surface area contributed by atoms with Crippen LogP contribution >= 0.6 is 0 Å². The Kier molecular flexibility index (Phi) is 10.9. The van der Waals surface area contributed by atoms with E-state index in [1.807, 2.05) is 54.6 Å². The van der Waals surface area contributed by atoms with Gasteiger partial charge in [-0.2, -0.15) is 0 Å². The molecule has 0 aliphatic carbocycles. The van der Waals surface area contributed by atoms with Crippen molar-refractivity contribution in [2.75, 3.05) is 12.4 Å². The van der Waals surface area contributed by atoms with Gasteiger partial charge in [-0.25, -0.2) is 0 Å². The number of carbonyl (C=O) groups excluding carboxylic acids is 1. The van der Waals surface area contributed by atoms with Crippen LogP contribution in [-0.2, 0) is 11.2 Å². The lowest BCUT2D eigenvalue weighted by Gasteiger charge is -2.06. The van der Waals surface area contributed by atoms with Crippen molar-refractivity contribution in [3.8, 4) is 5.75 Å². The molecule has 31 heavy (non-hydrogen) atoms. The molecule has 2 atom stereocenters. The number of aliphatic hydroxyl groups excluding tert-OH is 2. The number of methoxy groups -OCH3 is 1. The molecule has 5 nitrogen and oxygen atoms in total. The Bertz CT molecular complexity index is 857. The number of anilines is 1. The predicted molar refractivity (Wildman–Crippen MR) is 125 cm³/mol. The molecule has 1 amide bonds. The van der Waals surface area contributed by atoms with Gasteiger partial charge in [-0.3, -0.25) is 4.79 Å². The lowest BCUT2D eigenvalue weighted by atomic mass is 10.1. The second kappa shape index (κ2) is 14.0. The molecule has 0 aliphatic heterocycles. The van der Waals surface area contributed by atoms with Crippen LogP contribution < -0.4 is 10.1 Å². The number of hydrogen-bond acceptors (Lipinski definition) is 4. The minimum atomic E-state index is -0.690. The number of hydrogen-bond donors (Lipinski definition) is 3. The number of carbonyl (C=O) groups is 1. The van der Waals surface area contributed by atoms with E-state index in [1.165, 1.54) is 0 Å². The first kappa shape index (κ1) is 24.1. The maximum Gasteiger partial charge on any atom is 0.224 e. The van der Waals surface area contributed by atoms with Gasteiger partial charge in [-0.1, -0.05) is 66.8 Å². The zero-order valence-electron chi connectivity index (χ0n) is 17.9. The summed E-state index contributed by atoms with van der Waals surface area (Å²) in [5.74, 6) is 0.698. The van der Waals surface area contributed by atoms with Crippen LogP contribution in [0.3, 0.4) is 0 Å². The first-order valence-electron chi connectivity index (χ1n) is 10.4. The predicted octanol–water partition coefficient (Wildman–Crippen LogP) is 4.44. The van der Waals surface area contributed by atoms with Gasteiger partial charge >= 0.3 is 0 Å². The molecule has 0 bridgehead atoms. The number of nitrogens with one attached hydrogen (secondary N) is 1. The monoisotopic (exact) mass is 421 g/mol. The molecule has 0 heterocycles. The summed E-state index contributed by atoms with van der Waals surface area (Å²) >= 11 is 0. The number of aliphatic hydroxyl groups is 2. The first-order chi connectivity index (χ1) is 15.1. The Balaban J connectivity index is 1.61. The van der Waals surface area contributed by atoms with Crippen molar-refractivity contribution in [3.05, 3.63) is 96.6 Å². The van der Waals surface area contributed by atoms with Crippen molar-refractivity contribution in [1.82, 2.24) is 0 Å². The minimum absolute atomic E-state index is 0.124. The highest BCUT2D eigenvalue weighted by Gasteiger charge is 2.05. The number of para-hydroxylation sites is 1. The van der Waals surface area contributed by atoms with Gasteiger partial charge in [0.1, 0.15) is 5.75 Å². The highest BCUT2D eigenvalue weighted by Crippen LogP contribution is 2.13. The molecule has 164 valence electrons. The summed E-state index contributed by atoms with van der Waals surface area (Å²) in [7, 11) is 1.64. The van der Waals surface area contributed by atoms with Gasteiger partial charge in [0.15, 0.2) is 0 Å². The fraction of sp³-hybridized carbons (Fsp3) is 0.269. The van der Waals surface area contributed by atoms with E-state index in [1.54, 1.807) is 43.6 Å². The van der Waals surface area contributed by atoms with Gasteiger partial charge in [-0.05, 0) is 49.1 Å². The Morgan fingerprint density at radius 3 is 2.13 bits per heavy atom. The van der Waals surface area contributed by atoms with E-state index in [-0.39, 0.29) is 12.3 Å². The smallest absolute Gasteiger partial charge is 0.224 e. The van der Waals surface area contributed by atoms with E-state index in [0.717, 1.165) is 23.4 Å². The van der Waals surface area contributed by atoms with E-state index in [0.29, 0.717) is 12.8 Å². The number of ether oxygens (including phenoxy) is 1. The Morgan fingerprint density at radius 2 is 1.52 bits per heavy atom. The molecule has 0 spiro atoms. The van der Waals surface area contributed by atoms with Crippen molar-refractivity contribution in [2.24, 2.45) is 0 Å². The summed E-state index contributed by atoms with van der Waals surface area (Å²) in [5.41, 5.74) is 1.90. The third-order valence-electron chi connectivity index (χ3n) is 4.61. The minimum Gasteiger partial charge on any atom is -0.497 e. The third kappa shape index (κ3) is 10.4. The van der Waals surface area contributed by atoms with E-state index in [2.05, 4.69) is 5.32 Å². The summed E-state index contributed by atoms with van der Waals surface area (Å²) in [6.07, 6.45) is 11.2. The van der Waals surface area contributed by atoms with Gasteiger partial charge in [-0.15, -0.1) is 0 Å². The molecule has 0 aliphatic rings. The molecule has 0 saturated heterocycles. The summed E-state index contributed by atoms with van der Waals surface area (Å²) in [6, 6.07) is 17.1. The van der Waals surface area contributed by atoms with Crippen LogP contribution in [0, 0.1) is 0 Å². The van der Waals surface area contributed by atoms with Crippen molar-refractivity contribution >= 4 is 11.6 Å². The summed E-state index contributed by atoms with van der Waals surface area (Å²) in [4.78, 5) is 11.9. The van der Waals surface area contributed by atoms with E-state index >= 15 is 0 Å². The van der Waals surface area contributed by atoms with Crippen LogP contribution in [0.1, 0.15) is 24.8 Å². The fourth-order valence-electron chi connectivity index (χ4n) is 2.84. The van der Waals surface area contributed by atoms with Gasteiger partial charge < -0.3 is 20.3 Å². The Morgan fingerprint density at radius 1 is 0.903 bits per heavy atom. The molecule has 2 aromatic carbocycles. The van der Waals surface area contributed by atoms with Crippen molar-refractivity contribution in [2.45, 2.75) is 37.9 Å². The quantitative estimate of drug-likeness (QED) is 0.443. The van der Waals surface area contributed by atoms with Crippen LogP contribution in [0.2, 0.25) is 0 Å². The van der Waals surface area contributed by atoms with Crippen molar-refractivity contribution < 1.29 is 19.7 Å². The fourth-order valence-corrected chi connectivity index (χ4v) is 2.84. The van der Waals surface area contributed by atoms with Crippen LogP contribution in [-0.4, -0.2) is 35.4 Å². The molecule has 0 fully saturated rings. The zero-order valence-corrected chi connectivity index (χ0v) is 17.9. The van der Waals surface area contributed by atoms with Gasteiger partial charge in [0, 0.05) is 12.1 Å². The van der Waals surface area contributed by atoms with Crippen LogP contribution in [0.5, 0.6) is 5.75 Å². The normalized spacial score (nSPS) is 13.6. The molecular formula is C26H31NO4. The van der Waals surface area contributed by atoms with Crippen LogP contribution in [0.25, 0.3) is 0 Å². The molecule has 0 saturated carbocycles. The number of benzene rings is 2. The standard InChI is InChI=1S/C26H31NO4/c1-31-25-18-14-21(15-19-25)13-16-23(28)11-7-2-3-8-12-24(29)17-20-26(30)27-22-9-5-4-6-10-22/h2-12,14-15,18-19,23-24,28-29H,13,16-17,20H2,1H3,(H,27,30)/b3-2+,11-7+,12-8+. The largest absolute Gasteiger partial charge is 0.497 e. The van der Waals surface area contributed by atoms with Crippen LogP contribution in [0.4, 0.5) is 5.69 Å². The highest BCUT2D eigenvalue weighted by molar-refractivity contribution is 5.90. The average molecular weight is 422 g/mol.